The van der Waals surface area contributed by atoms with E-state index in [0.29, 0.717) is 10.9 Å². The first-order valence-corrected chi connectivity index (χ1v) is 8.22. The van der Waals surface area contributed by atoms with Crippen molar-refractivity contribution in [3.05, 3.63) is 47.5 Å². The molecular weight excluding hydrogens is 302 g/mol. The van der Waals surface area contributed by atoms with E-state index < -0.39 is 0 Å². The summed E-state index contributed by atoms with van der Waals surface area (Å²) < 4.78 is 0. The van der Waals surface area contributed by atoms with Crippen LogP contribution in [0.15, 0.2) is 47.4 Å². The number of rotatable bonds is 4. The number of aryl methyl sites for hydroxylation is 1. The highest BCUT2D eigenvalue weighted by Gasteiger charge is 2.07. The van der Waals surface area contributed by atoms with E-state index >= 15 is 0 Å². The molecule has 0 unspecified atom stereocenters. The Morgan fingerprint density at radius 3 is 2.76 bits per heavy atom. The van der Waals surface area contributed by atoms with Gasteiger partial charge in [0, 0.05) is 4.90 Å². The van der Waals surface area contributed by atoms with Crippen molar-refractivity contribution in [3.8, 4) is 0 Å². The molecule has 1 heterocycles. The quantitative estimate of drug-likeness (QED) is 0.745. The lowest BCUT2D eigenvalue weighted by molar-refractivity contribution is -0.113. The number of aromatic nitrogens is 2. The zero-order valence-electron chi connectivity index (χ0n) is 11.4. The molecule has 0 atom stereocenters. The summed E-state index contributed by atoms with van der Waals surface area (Å²) in [6, 6.07) is 14.4. The predicted molar refractivity (Wildman–Crippen MR) is 87.9 cm³/mol. The molecule has 6 heteroatoms. The molecule has 1 N–H and O–H groups in total. The van der Waals surface area contributed by atoms with E-state index in [0.717, 1.165) is 9.90 Å². The van der Waals surface area contributed by atoms with Crippen LogP contribution in [0.25, 0.3) is 10.8 Å². The third-order valence-corrected chi connectivity index (χ3v) is 4.61. The largest absolute Gasteiger partial charge is 0.300 e. The first kappa shape index (κ1) is 14.0. The molecule has 0 fully saturated rings. The molecule has 3 rings (SSSR count). The number of carbonyl (C=O) groups excluding carboxylic acids is 1. The van der Waals surface area contributed by atoms with Gasteiger partial charge in [-0.15, -0.1) is 22.0 Å². The molecule has 1 aromatic heterocycles. The number of benzene rings is 2. The normalized spacial score (nSPS) is 10.7. The van der Waals surface area contributed by atoms with Gasteiger partial charge in [0.1, 0.15) is 5.01 Å². The highest BCUT2D eigenvalue weighted by atomic mass is 32.2. The Morgan fingerprint density at radius 1 is 1.19 bits per heavy atom. The molecule has 0 bridgehead atoms. The molecule has 2 aromatic carbocycles. The number of carbonyl (C=O) groups is 1. The molecular formula is C15H13N3OS2. The maximum Gasteiger partial charge on any atom is 0.236 e. The minimum Gasteiger partial charge on any atom is -0.300 e. The van der Waals surface area contributed by atoms with Gasteiger partial charge in [0.25, 0.3) is 0 Å². The van der Waals surface area contributed by atoms with Gasteiger partial charge in [-0.1, -0.05) is 41.7 Å². The van der Waals surface area contributed by atoms with Crippen LogP contribution in [0.4, 0.5) is 5.13 Å². The number of nitrogens with one attached hydrogen (secondary N) is 1. The van der Waals surface area contributed by atoms with E-state index in [2.05, 4.69) is 39.8 Å². The van der Waals surface area contributed by atoms with Crippen LogP contribution in [0.1, 0.15) is 5.01 Å². The Labute approximate surface area is 130 Å². The highest BCUT2D eigenvalue weighted by Crippen LogP contribution is 2.24. The van der Waals surface area contributed by atoms with Gasteiger partial charge in [-0.2, -0.15) is 0 Å². The van der Waals surface area contributed by atoms with Crippen molar-refractivity contribution in [1.29, 1.82) is 0 Å². The summed E-state index contributed by atoms with van der Waals surface area (Å²) in [6.45, 7) is 1.86. The van der Waals surface area contributed by atoms with Crippen molar-refractivity contribution in [2.24, 2.45) is 0 Å². The molecule has 3 aromatic rings. The zero-order valence-corrected chi connectivity index (χ0v) is 13.0. The van der Waals surface area contributed by atoms with Crippen molar-refractivity contribution in [1.82, 2.24) is 10.2 Å². The van der Waals surface area contributed by atoms with Crippen LogP contribution in [-0.4, -0.2) is 21.9 Å². The molecule has 0 radical (unpaired) electrons. The smallest absolute Gasteiger partial charge is 0.236 e. The standard InChI is InChI=1S/C15H13N3OS2/c1-10-17-18-15(21-10)16-14(19)9-20-13-7-6-11-4-2-3-5-12(11)8-13/h2-8H,9H2,1H3,(H,16,18,19). The molecule has 21 heavy (non-hydrogen) atoms. The molecule has 4 nitrogen and oxygen atoms in total. The fourth-order valence-corrected chi connectivity index (χ4v) is 3.26. The summed E-state index contributed by atoms with van der Waals surface area (Å²) in [5, 5.41) is 14.3. The van der Waals surface area contributed by atoms with E-state index in [-0.39, 0.29) is 5.91 Å². The lowest BCUT2D eigenvalue weighted by Gasteiger charge is -2.03. The summed E-state index contributed by atoms with van der Waals surface area (Å²) >= 11 is 2.89. The predicted octanol–water partition coefficient (Wildman–Crippen LogP) is 3.73. The van der Waals surface area contributed by atoms with Crippen LogP contribution in [0.5, 0.6) is 0 Å². The molecule has 0 spiro atoms. The molecule has 0 aliphatic rings. The first-order valence-electron chi connectivity index (χ1n) is 6.42. The second kappa shape index (κ2) is 6.24. The number of thioether (sulfide) groups is 1. The van der Waals surface area contributed by atoms with E-state index in [4.69, 9.17) is 0 Å². The fourth-order valence-electron chi connectivity index (χ4n) is 1.91. The summed E-state index contributed by atoms with van der Waals surface area (Å²) in [7, 11) is 0. The SMILES string of the molecule is Cc1nnc(NC(=O)CSc2ccc3ccccc3c2)s1. The van der Waals surface area contributed by atoms with E-state index in [1.54, 1.807) is 0 Å². The Kier molecular flexibility index (Phi) is 4.17. The molecule has 1 amide bonds. The van der Waals surface area contributed by atoms with E-state index in [1.165, 1.54) is 33.9 Å². The summed E-state index contributed by atoms with van der Waals surface area (Å²) in [5.41, 5.74) is 0. The van der Waals surface area contributed by atoms with Gasteiger partial charge in [-0.25, -0.2) is 0 Å². The Balaban J connectivity index is 1.61. The monoisotopic (exact) mass is 315 g/mol. The van der Waals surface area contributed by atoms with Crippen LogP contribution in [0.3, 0.4) is 0 Å². The van der Waals surface area contributed by atoms with E-state index in [9.17, 15) is 4.79 Å². The zero-order chi connectivity index (χ0) is 14.7. The van der Waals surface area contributed by atoms with Crippen LogP contribution >= 0.6 is 23.1 Å². The second-order valence-electron chi connectivity index (χ2n) is 4.47. The Hall–Kier alpha value is -1.92. The molecule has 0 saturated carbocycles. The second-order valence-corrected chi connectivity index (χ2v) is 6.70. The van der Waals surface area contributed by atoms with Gasteiger partial charge in [-0.05, 0) is 29.8 Å². The maximum atomic E-state index is 11.9. The summed E-state index contributed by atoms with van der Waals surface area (Å²) in [6.07, 6.45) is 0. The summed E-state index contributed by atoms with van der Waals surface area (Å²) in [4.78, 5) is 12.9. The van der Waals surface area contributed by atoms with Gasteiger partial charge >= 0.3 is 0 Å². The van der Waals surface area contributed by atoms with Gasteiger partial charge in [0.05, 0.1) is 5.75 Å². The third-order valence-electron chi connectivity index (χ3n) is 2.86. The molecule has 0 aliphatic carbocycles. The van der Waals surface area contributed by atoms with Gasteiger partial charge < -0.3 is 0 Å². The minimum atomic E-state index is -0.0655. The Bertz CT molecular complexity index is 785. The van der Waals surface area contributed by atoms with Crippen molar-refractivity contribution in [2.75, 3.05) is 11.1 Å². The van der Waals surface area contributed by atoms with Gasteiger partial charge in [0.15, 0.2) is 0 Å². The number of anilines is 1. The van der Waals surface area contributed by atoms with Gasteiger partial charge in [0.2, 0.25) is 11.0 Å². The number of amides is 1. The maximum absolute atomic E-state index is 11.9. The van der Waals surface area contributed by atoms with Gasteiger partial charge in [-0.3, -0.25) is 10.1 Å². The van der Waals surface area contributed by atoms with Crippen LogP contribution < -0.4 is 5.32 Å². The van der Waals surface area contributed by atoms with Crippen LogP contribution in [0.2, 0.25) is 0 Å². The lowest BCUT2D eigenvalue weighted by atomic mass is 10.1. The summed E-state index contributed by atoms with van der Waals surface area (Å²) in [5.74, 6) is 0.293. The lowest BCUT2D eigenvalue weighted by Crippen LogP contribution is -2.13. The third kappa shape index (κ3) is 3.59. The minimum absolute atomic E-state index is 0.0655. The molecule has 106 valence electrons. The fraction of sp³-hybridized carbons (Fsp3) is 0.133. The van der Waals surface area contributed by atoms with Crippen molar-refractivity contribution in [3.63, 3.8) is 0 Å². The highest BCUT2D eigenvalue weighted by molar-refractivity contribution is 8.00. The average Bonchev–Trinajstić information content (AvgIpc) is 2.90. The molecule has 0 aliphatic heterocycles. The Morgan fingerprint density at radius 2 is 2.00 bits per heavy atom. The van der Waals surface area contributed by atoms with Crippen molar-refractivity contribution >= 4 is 44.9 Å². The van der Waals surface area contributed by atoms with Crippen LogP contribution in [0, 0.1) is 6.92 Å². The number of hydrogen-bond acceptors (Lipinski definition) is 5. The van der Waals surface area contributed by atoms with Crippen molar-refractivity contribution in [2.45, 2.75) is 11.8 Å². The number of nitrogens with zero attached hydrogens (tertiary/aromatic N) is 2. The van der Waals surface area contributed by atoms with E-state index in [1.807, 2.05) is 25.1 Å². The van der Waals surface area contributed by atoms with Crippen LogP contribution in [-0.2, 0) is 4.79 Å². The number of hydrogen-bond donors (Lipinski definition) is 1. The molecule has 0 saturated heterocycles. The van der Waals surface area contributed by atoms with Crippen molar-refractivity contribution < 1.29 is 4.79 Å². The average molecular weight is 315 g/mol. The first-order chi connectivity index (χ1) is 10.2. The topological polar surface area (TPSA) is 54.9 Å². The number of fused-ring (bicyclic) bond motifs is 1.